The molecule has 0 aromatic heterocycles. The number of nitrogens with two attached hydrogens (primary N) is 1. The number of nitrogens with one attached hydrogen (secondary N) is 2. The second-order valence-electron chi connectivity index (χ2n) is 7.59. The van der Waals surface area contributed by atoms with Crippen LogP contribution in [-0.4, -0.2) is 96.7 Å². The summed E-state index contributed by atoms with van der Waals surface area (Å²) in [4.78, 5) is 23.5. The fourth-order valence-corrected chi connectivity index (χ4v) is 3.89. The van der Waals surface area contributed by atoms with Gasteiger partial charge in [0, 0.05) is 31.3 Å². The molecule has 5 N–H and O–H groups in total. The Morgan fingerprint density at radius 3 is 2.72 bits per heavy atom. The normalized spacial score (nSPS) is 29.7. The molecule has 32 heavy (non-hydrogen) atoms. The van der Waals surface area contributed by atoms with Crippen molar-refractivity contribution in [3.05, 3.63) is 23.2 Å². The number of carbonyl (C=O) groups is 1. The second-order valence-corrected chi connectivity index (χ2v) is 7.59. The summed E-state index contributed by atoms with van der Waals surface area (Å²) in [6, 6.07) is -0.708. The van der Waals surface area contributed by atoms with E-state index in [1.54, 1.807) is 6.92 Å². The standard InChI is InChI=1S/C18H24F3N7O4/c1-9-12(8-29)28(17(30)32-9)13-6-11(24-16(25-13)27-2-4-31-5-3-27)10-7-23-15(22)26-14(10)18(19,20)21/h6,9,12,16,25,29H,2-5,7-8H2,1H3,(H3,22,23,26)/t9-,12+,16?/m1/s1. The van der Waals surface area contributed by atoms with Crippen molar-refractivity contribution in [2.24, 2.45) is 15.7 Å². The van der Waals surface area contributed by atoms with Gasteiger partial charge in [0.1, 0.15) is 18.0 Å². The molecule has 176 valence electrons. The van der Waals surface area contributed by atoms with Crippen LogP contribution in [0.3, 0.4) is 0 Å². The number of aliphatic hydroxyl groups excluding tert-OH is 1. The molecule has 0 radical (unpaired) electrons. The summed E-state index contributed by atoms with van der Waals surface area (Å²) >= 11 is 0. The molecule has 14 heteroatoms. The molecule has 3 atom stereocenters. The number of hydrogen-bond donors (Lipinski definition) is 4. The maximum absolute atomic E-state index is 13.7. The molecule has 0 aliphatic carbocycles. The highest BCUT2D eigenvalue weighted by molar-refractivity contribution is 6.11. The van der Waals surface area contributed by atoms with Crippen molar-refractivity contribution in [1.29, 1.82) is 0 Å². The highest BCUT2D eigenvalue weighted by Crippen LogP contribution is 2.33. The van der Waals surface area contributed by atoms with Crippen LogP contribution >= 0.6 is 0 Å². The van der Waals surface area contributed by atoms with E-state index >= 15 is 0 Å². The first-order valence-corrected chi connectivity index (χ1v) is 10.1. The fourth-order valence-electron chi connectivity index (χ4n) is 3.89. The molecular formula is C18H24F3N7O4. The molecular weight excluding hydrogens is 435 g/mol. The summed E-state index contributed by atoms with van der Waals surface area (Å²) in [5.41, 5.74) is 4.11. The number of amides is 1. The molecule has 2 saturated heterocycles. The molecule has 0 spiro atoms. The predicted octanol–water partition coefficient (Wildman–Crippen LogP) is -0.576. The first-order valence-electron chi connectivity index (χ1n) is 10.1. The van der Waals surface area contributed by atoms with Gasteiger partial charge >= 0.3 is 12.3 Å². The summed E-state index contributed by atoms with van der Waals surface area (Å²) in [6.45, 7) is 2.84. The SMILES string of the molecule is C[C@H]1OC(=O)N(C2=CC(C3=C(C(F)(F)F)N=C(N)NC3)=NC(N3CCOCC3)N2)[C@H]1CO. The number of allylic oxidation sites excluding steroid dienone is 2. The number of cyclic esters (lactones) is 1. The summed E-state index contributed by atoms with van der Waals surface area (Å²) in [6.07, 6.45) is -5.51. The Morgan fingerprint density at radius 2 is 2.06 bits per heavy atom. The number of alkyl halides is 3. The number of morpholine rings is 1. The van der Waals surface area contributed by atoms with Crippen LogP contribution in [0.25, 0.3) is 0 Å². The third kappa shape index (κ3) is 4.25. The molecule has 1 amide bonds. The zero-order valence-corrected chi connectivity index (χ0v) is 17.2. The van der Waals surface area contributed by atoms with Gasteiger partial charge in [0.25, 0.3) is 0 Å². The second kappa shape index (κ2) is 8.60. The van der Waals surface area contributed by atoms with Crippen LogP contribution in [0.4, 0.5) is 18.0 Å². The highest BCUT2D eigenvalue weighted by Gasteiger charge is 2.44. The zero-order valence-electron chi connectivity index (χ0n) is 17.2. The lowest BCUT2D eigenvalue weighted by Gasteiger charge is -2.38. The number of carbonyl (C=O) groups excluding carboxylic acids is 1. The van der Waals surface area contributed by atoms with E-state index in [1.165, 1.54) is 11.0 Å². The monoisotopic (exact) mass is 459 g/mol. The summed E-state index contributed by atoms with van der Waals surface area (Å²) in [7, 11) is 0. The minimum atomic E-state index is -4.76. The van der Waals surface area contributed by atoms with Crippen molar-refractivity contribution in [1.82, 2.24) is 20.4 Å². The number of ether oxygens (including phenoxy) is 2. The van der Waals surface area contributed by atoms with Gasteiger partial charge < -0.3 is 30.9 Å². The van der Waals surface area contributed by atoms with Gasteiger partial charge in [-0.2, -0.15) is 13.2 Å². The Hall–Kier alpha value is -2.84. The minimum absolute atomic E-state index is 0.00430. The van der Waals surface area contributed by atoms with E-state index in [0.29, 0.717) is 26.3 Å². The number of hydrogen-bond acceptors (Lipinski definition) is 10. The molecule has 4 rings (SSSR count). The number of aliphatic imine (C=N–C) groups is 2. The number of halogens is 3. The number of aliphatic hydroxyl groups is 1. The average Bonchev–Trinajstić information content (AvgIpc) is 3.06. The van der Waals surface area contributed by atoms with E-state index in [1.807, 2.05) is 4.90 Å². The van der Waals surface area contributed by atoms with Gasteiger partial charge in [-0.1, -0.05) is 0 Å². The van der Waals surface area contributed by atoms with Crippen LogP contribution in [0, 0.1) is 0 Å². The van der Waals surface area contributed by atoms with Gasteiger partial charge in [0.05, 0.1) is 25.5 Å². The Morgan fingerprint density at radius 1 is 1.34 bits per heavy atom. The average molecular weight is 459 g/mol. The van der Waals surface area contributed by atoms with Crippen molar-refractivity contribution >= 4 is 17.8 Å². The molecule has 0 aromatic carbocycles. The lowest BCUT2D eigenvalue weighted by Crippen LogP contribution is -2.55. The van der Waals surface area contributed by atoms with Crippen LogP contribution < -0.4 is 16.4 Å². The van der Waals surface area contributed by atoms with Gasteiger partial charge in [-0.15, -0.1) is 0 Å². The smallest absolute Gasteiger partial charge is 0.433 e. The van der Waals surface area contributed by atoms with Crippen molar-refractivity contribution in [2.45, 2.75) is 31.5 Å². The quantitative estimate of drug-likeness (QED) is 0.439. The lowest BCUT2D eigenvalue weighted by molar-refractivity contribution is -0.0931. The van der Waals surface area contributed by atoms with Gasteiger partial charge in [-0.25, -0.2) is 14.8 Å². The molecule has 1 unspecified atom stereocenters. The van der Waals surface area contributed by atoms with E-state index in [-0.39, 0.29) is 36.2 Å². The van der Waals surface area contributed by atoms with Crippen LogP contribution in [0.15, 0.2) is 33.2 Å². The van der Waals surface area contributed by atoms with Crippen molar-refractivity contribution in [2.75, 3.05) is 39.5 Å². The van der Waals surface area contributed by atoms with Crippen molar-refractivity contribution in [3.63, 3.8) is 0 Å². The van der Waals surface area contributed by atoms with Gasteiger partial charge in [-0.05, 0) is 6.92 Å². The maximum atomic E-state index is 13.7. The number of nitrogens with zero attached hydrogens (tertiary/aromatic N) is 4. The fraction of sp³-hybridized carbons (Fsp3) is 0.611. The van der Waals surface area contributed by atoms with Crippen LogP contribution in [0.2, 0.25) is 0 Å². The molecule has 0 aromatic rings. The molecule has 0 saturated carbocycles. The third-order valence-electron chi connectivity index (χ3n) is 5.55. The third-order valence-corrected chi connectivity index (χ3v) is 5.55. The summed E-state index contributed by atoms with van der Waals surface area (Å²) in [5.74, 6) is -0.168. The predicted molar refractivity (Wildman–Crippen MR) is 106 cm³/mol. The van der Waals surface area contributed by atoms with Crippen LogP contribution in [0.1, 0.15) is 6.92 Å². The first kappa shape index (κ1) is 22.4. The van der Waals surface area contributed by atoms with Crippen LogP contribution in [0.5, 0.6) is 0 Å². The van der Waals surface area contributed by atoms with Gasteiger partial charge in [0.2, 0.25) is 0 Å². The topological polar surface area (TPSA) is 137 Å². The largest absolute Gasteiger partial charge is 0.444 e. The Bertz CT molecular complexity index is 895. The van der Waals surface area contributed by atoms with Gasteiger partial charge in [-0.3, -0.25) is 9.80 Å². The number of rotatable bonds is 4. The Balaban J connectivity index is 1.79. The van der Waals surface area contributed by atoms with Crippen molar-refractivity contribution in [3.8, 4) is 0 Å². The minimum Gasteiger partial charge on any atom is -0.444 e. The molecule has 2 fully saturated rings. The van der Waals surface area contributed by atoms with E-state index < -0.39 is 36.4 Å². The van der Waals surface area contributed by atoms with Crippen LogP contribution in [-0.2, 0) is 9.47 Å². The van der Waals surface area contributed by atoms with E-state index in [4.69, 9.17) is 15.2 Å². The van der Waals surface area contributed by atoms with E-state index in [0.717, 1.165) is 0 Å². The van der Waals surface area contributed by atoms with E-state index in [9.17, 15) is 23.1 Å². The van der Waals surface area contributed by atoms with E-state index in [2.05, 4.69) is 20.6 Å². The van der Waals surface area contributed by atoms with Crippen molar-refractivity contribution < 1.29 is 32.5 Å². The Kier molecular flexibility index (Phi) is 6.01. The van der Waals surface area contributed by atoms with Gasteiger partial charge in [0.15, 0.2) is 17.9 Å². The molecule has 4 heterocycles. The lowest BCUT2D eigenvalue weighted by atomic mass is 10.0. The zero-order chi connectivity index (χ0) is 23.0. The summed E-state index contributed by atoms with van der Waals surface area (Å²) < 4.78 is 51.7. The molecule has 11 nitrogen and oxygen atoms in total. The highest BCUT2D eigenvalue weighted by atomic mass is 19.4. The maximum Gasteiger partial charge on any atom is 0.433 e. The summed E-state index contributed by atoms with van der Waals surface area (Å²) in [5, 5.41) is 15.5. The number of guanidine groups is 1. The molecule has 0 bridgehead atoms. The molecule has 4 aliphatic heterocycles. The Labute approximate surface area is 181 Å². The molecule has 4 aliphatic rings. The first-order chi connectivity index (χ1) is 15.2.